The van der Waals surface area contributed by atoms with Crippen LogP contribution in [0.4, 0.5) is 0 Å². The van der Waals surface area contributed by atoms with Crippen LogP contribution < -0.4 is 0 Å². The first-order valence-corrected chi connectivity index (χ1v) is 8.94. The molecule has 0 saturated carbocycles. The first-order valence-electron chi connectivity index (χ1n) is 8.94. The van der Waals surface area contributed by atoms with Crippen molar-refractivity contribution in [1.82, 2.24) is 14.8 Å². The van der Waals surface area contributed by atoms with Crippen LogP contribution in [0.1, 0.15) is 25.1 Å². The Morgan fingerprint density at radius 3 is 2.88 bits per heavy atom. The van der Waals surface area contributed by atoms with Gasteiger partial charge in [-0.05, 0) is 44.2 Å². The number of carbonyl (C=O) groups excluding carboxylic acids is 1. The minimum atomic E-state index is -0.0495. The van der Waals surface area contributed by atoms with E-state index in [0.717, 1.165) is 26.1 Å². The molecule has 1 aliphatic heterocycles. The van der Waals surface area contributed by atoms with E-state index in [0.29, 0.717) is 6.04 Å². The van der Waals surface area contributed by atoms with Gasteiger partial charge < -0.3 is 9.88 Å². The molecule has 1 amide bonds. The number of hydrogen-bond donors (Lipinski definition) is 1. The molecule has 4 nitrogen and oxygen atoms in total. The van der Waals surface area contributed by atoms with Crippen molar-refractivity contribution in [2.75, 3.05) is 26.7 Å². The fraction of sp³-hybridized carbons (Fsp3) is 0.450. The summed E-state index contributed by atoms with van der Waals surface area (Å²) in [7, 11) is 2.15. The lowest BCUT2D eigenvalue weighted by atomic mass is 9.86. The SMILES string of the molecule is CCN(CC)C(=O)[C@@H]1C=C2c3cccc4[nH]c(cc34)CC2N(C)C1. The zero-order valence-electron chi connectivity index (χ0n) is 14.7. The summed E-state index contributed by atoms with van der Waals surface area (Å²) in [4.78, 5) is 20.7. The Balaban J connectivity index is 1.80. The summed E-state index contributed by atoms with van der Waals surface area (Å²) in [6, 6.07) is 9.06. The highest BCUT2D eigenvalue weighted by Crippen LogP contribution is 2.38. The first kappa shape index (κ1) is 15.5. The minimum Gasteiger partial charge on any atom is -0.358 e. The van der Waals surface area contributed by atoms with Crippen molar-refractivity contribution < 1.29 is 4.79 Å². The number of carbonyl (C=O) groups is 1. The van der Waals surface area contributed by atoms with E-state index in [1.807, 2.05) is 4.90 Å². The van der Waals surface area contributed by atoms with Crippen molar-refractivity contribution in [2.24, 2.45) is 5.92 Å². The average molecular weight is 323 g/mol. The van der Waals surface area contributed by atoms with E-state index < -0.39 is 0 Å². The van der Waals surface area contributed by atoms with Gasteiger partial charge in [0.25, 0.3) is 0 Å². The zero-order chi connectivity index (χ0) is 16.8. The Morgan fingerprint density at radius 1 is 1.33 bits per heavy atom. The third kappa shape index (κ3) is 2.28. The predicted molar refractivity (Wildman–Crippen MR) is 97.8 cm³/mol. The summed E-state index contributed by atoms with van der Waals surface area (Å²) in [6.07, 6.45) is 3.22. The Hall–Kier alpha value is -2.07. The molecule has 0 spiro atoms. The summed E-state index contributed by atoms with van der Waals surface area (Å²) in [6.45, 7) is 6.46. The lowest BCUT2D eigenvalue weighted by Gasteiger charge is -2.38. The molecule has 1 N–H and O–H groups in total. The summed E-state index contributed by atoms with van der Waals surface area (Å²) in [5.74, 6) is 0.203. The van der Waals surface area contributed by atoms with Crippen LogP contribution in [-0.4, -0.2) is 53.4 Å². The molecule has 4 rings (SSSR count). The molecule has 24 heavy (non-hydrogen) atoms. The molecule has 1 unspecified atom stereocenters. The lowest BCUT2D eigenvalue weighted by molar-refractivity contribution is -0.134. The predicted octanol–water partition coefficient (Wildman–Crippen LogP) is 2.91. The number of aromatic nitrogens is 1. The van der Waals surface area contributed by atoms with Gasteiger partial charge in [-0.3, -0.25) is 9.69 Å². The van der Waals surface area contributed by atoms with Crippen LogP contribution in [0.15, 0.2) is 30.3 Å². The number of nitrogens with zero attached hydrogens (tertiary/aromatic N) is 2. The summed E-state index contributed by atoms with van der Waals surface area (Å²) in [5, 5.41) is 1.28. The van der Waals surface area contributed by atoms with Gasteiger partial charge in [0.2, 0.25) is 5.91 Å². The van der Waals surface area contributed by atoms with Crippen molar-refractivity contribution in [3.8, 4) is 0 Å². The van der Waals surface area contributed by atoms with Crippen molar-refractivity contribution in [2.45, 2.75) is 26.3 Å². The smallest absolute Gasteiger partial charge is 0.230 e. The molecular formula is C20H25N3O. The maximum absolute atomic E-state index is 12.9. The number of amides is 1. The van der Waals surface area contributed by atoms with E-state index in [1.54, 1.807) is 0 Å². The average Bonchev–Trinajstić information content (AvgIpc) is 2.92. The topological polar surface area (TPSA) is 39.3 Å². The largest absolute Gasteiger partial charge is 0.358 e. The van der Waals surface area contributed by atoms with E-state index in [1.165, 1.54) is 27.7 Å². The van der Waals surface area contributed by atoms with Crippen molar-refractivity contribution in [3.63, 3.8) is 0 Å². The second kappa shape index (κ2) is 5.78. The number of nitrogens with one attached hydrogen (secondary N) is 1. The molecule has 2 heterocycles. The van der Waals surface area contributed by atoms with Gasteiger partial charge in [-0.15, -0.1) is 0 Å². The maximum atomic E-state index is 12.9. The second-order valence-electron chi connectivity index (χ2n) is 6.96. The second-order valence-corrected chi connectivity index (χ2v) is 6.96. The summed E-state index contributed by atoms with van der Waals surface area (Å²) >= 11 is 0. The molecule has 126 valence electrons. The quantitative estimate of drug-likeness (QED) is 0.943. The number of aromatic amines is 1. The number of H-pyrrole nitrogens is 1. The monoisotopic (exact) mass is 323 g/mol. The fourth-order valence-electron chi connectivity index (χ4n) is 4.29. The van der Waals surface area contributed by atoms with Crippen LogP contribution in [0.3, 0.4) is 0 Å². The van der Waals surface area contributed by atoms with Gasteiger partial charge in [0.15, 0.2) is 0 Å². The molecule has 1 aliphatic carbocycles. The highest BCUT2D eigenvalue weighted by atomic mass is 16.2. The number of rotatable bonds is 3. The van der Waals surface area contributed by atoms with Gasteiger partial charge >= 0.3 is 0 Å². The van der Waals surface area contributed by atoms with Gasteiger partial charge in [0.05, 0.1) is 5.92 Å². The van der Waals surface area contributed by atoms with Gasteiger partial charge in [-0.1, -0.05) is 18.2 Å². The number of benzene rings is 1. The maximum Gasteiger partial charge on any atom is 0.230 e. The Kier molecular flexibility index (Phi) is 3.72. The van der Waals surface area contributed by atoms with Crippen LogP contribution in [0.5, 0.6) is 0 Å². The number of fused-ring (bicyclic) bond motifs is 3. The highest BCUT2D eigenvalue weighted by molar-refractivity contribution is 5.96. The van der Waals surface area contributed by atoms with Gasteiger partial charge in [-0.25, -0.2) is 0 Å². The van der Waals surface area contributed by atoms with E-state index in [-0.39, 0.29) is 11.8 Å². The standard InChI is InChI=1S/C20H25N3O/c1-4-23(5-2)20(24)13-9-17-15-7-6-8-18-16(15)10-14(21-18)11-19(17)22(3)12-13/h6-10,13,19,21H,4-5,11-12H2,1-3H3/t13-,19?/m1/s1. The summed E-state index contributed by atoms with van der Waals surface area (Å²) in [5.41, 5.74) is 5.08. The zero-order valence-corrected chi connectivity index (χ0v) is 14.7. The minimum absolute atomic E-state index is 0.0495. The highest BCUT2D eigenvalue weighted by Gasteiger charge is 2.35. The molecule has 2 aliphatic rings. The third-order valence-corrected chi connectivity index (χ3v) is 5.59. The van der Waals surface area contributed by atoms with Crippen LogP contribution >= 0.6 is 0 Å². The first-order chi connectivity index (χ1) is 11.6. The van der Waals surface area contributed by atoms with Crippen LogP contribution in [-0.2, 0) is 11.2 Å². The third-order valence-electron chi connectivity index (χ3n) is 5.59. The molecule has 0 saturated heterocycles. The Bertz CT molecular complexity index is 815. The van der Waals surface area contributed by atoms with Gasteiger partial charge in [0.1, 0.15) is 0 Å². The molecular weight excluding hydrogens is 298 g/mol. The van der Waals surface area contributed by atoms with E-state index in [2.05, 4.69) is 61.1 Å². The van der Waals surface area contributed by atoms with Crippen molar-refractivity contribution in [1.29, 1.82) is 0 Å². The molecule has 2 bridgehead atoms. The van der Waals surface area contributed by atoms with E-state index in [9.17, 15) is 4.79 Å². The van der Waals surface area contributed by atoms with Crippen LogP contribution in [0.25, 0.3) is 16.5 Å². The molecule has 2 aromatic rings. The summed E-state index contributed by atoms with van der Waals surface area (Å²) < 4.78 is 0. The van der Waals surface area contributed by atoms with Crippen LogP contribution in [0.2, 0.25) is 0 Å². The molecule has 1 aromatic heterocycles. The van der Waals surface area contributed by atoms with Gasteiger partial charge in [-0.2, -0.15) is 0 Å². The van der Waals surface area contributed by atoms with E-state index >= 15 is 0 Å². The molecule has 1 aromatic carbocycles. The lowest BCUT2D eigenvalue weighted by Crippen LogP contribution is -2.47. The molecule has 2 atom stereocenters. The number of hydrogen-bond acceptors (Lipinski definition) is 2. The Labute approximate surface area is 143 Å². The van der Waals surface area contributed by atoms with Crippen molar-refractivity contribution >= 4 is 22.4 Å². The van der Waals surface area contributed by atoms with Crippen LogP contribution in [0, 0.1) is 5.92 Å². The number of likely N-dealkylation sites (N-methyl/N-ethyl adjacent to an activating group) is 1. The Morgan fingerprint density at radius 2 is 2.12 bits per heavy atom. The molecule has 4 heteroatoms. The van der Waals surface area contributed by atoms with Crippen molar-refractivity contribution in [3.05, 3.63) is 41.6 Å². The molecule has 0 radical (unpaired) electrons. The fourth-order valence-corrected chi connectivity index (χ4v) is 4.29. The molecule has 0 fully saturated rings. The van der Waals surface area contributed by atoms with Gasteiger partial charge in [0, 0.05) is 48.7 Å². The van der Waals surface area contributed by atoms with E-state index in [4.69, 9.17) is 0 Å². The normalized spacial score (nSPS) is 23.0.